The molecule has 1 aromatic carbocycles. The average molecular weight is 313 g/mol. The zero-order valence-electron chi connectivity index (χ0n) is 10.9. The fourth-order valence-electron chi connectivity index (χ4n) is 1.73. The summed E-state index contributed by atoms with van der Waals surface area (Å²) in [6, 6.07) is 8.77. The molecule has 1 saturated carbocycles. The predicted octanol–water partition coefficient (Wildman–Crippen LogP) is 2.51. The first-order valence-electron chi connectivity index (χ1n) is 6.54. The minimum Gasteiger partial charge on any atom is -0.492 e. The molecule has 2 rings (SSSR count). The highest BCUT2D eigenvalue weighted by atomic mass is 79.9. The molecule has 1 N–H and O–H groups in total. The maximum absolute atomic E-state index is 5.71. The van der Waals surface area contributed by atoms with Gasteiger partial charge in [0.05, 0.1) is 0 Å². The van der Waals surface area contributed by atoms with Crippen molar-refractivity contribution in [1.82, 2.24) is 10.2 Å². The first kappa shape index (κ1) is 13.8. The number of hydrogen-bond acceptors (Lipinski definition) is 3. The number of nitrogens with one attached hydrogen (secondary N) is 1. The molecule has 0 amide bonds. The number of likely N-dealkylation sites (N-methyl/N-ethyl adjacent to an activating group) is 1. The Morgan fingerprint density at radius 3 is 2.94 bits per heavy atom. The van der Waals surface area contributed by atoms with Crippen LogP contribution >= 0.6 is 15.9 Å². The summed E-state index contributed by atoms with van der Waals surface area (Å²) < 4.78 is 6.76. The van der Waals surface area contributed by atoms with Crippen LogP contribution in [0.5, 0.6) is 5.75 Å². The van der Waals surface area contributed by atoms with Gasteiger partial charge in [0, 0.05) is 30.1 Å². The van der Waals surface area contributed by atoms with Crippen molar-refractivity contribution in [2.75, 3.05) is 33.3 Å². The standard InChI is InChI=1S/C14H21BrN2O/c1-17(8-7-16-13-5-6-13)9-10-18-14-4-2-3-12(15)11-14/h2-4,11,13,16H,5-10H2,1H3. The second-order valence-corrected chi connectivity index (χ2v) is 5.75. The van der Waals surface area contributed by atoms with E-state index >= 15 is 0 Å². The van der Waals surface area contributed by atoms with Crippen molar-refractivity contribution in [2.24, 2.45) is 0 Å². The van der Waals surface area contributed by atoms with E-state index in [-0.39, 0.29) is 0 Å². The van der Waals surface area contributed by atoms with Gasteiger partial charge in [-0.25, -0.2) is 0 Å². The highest BCUT2D eigenvalue weighted by Crippen LogP contribution is 2.18. The normalized spacial score (nSPS) is 15.1. The second kappa shape index (κ2) is 7.12. The lowest BCUT2D eigenvalue weighted by atomic mass is 10.3. The molecular formula is C14H21BrN2O. The smallest absolute Gasteiger partial charge is 0.120 e. The highest BCUT2D eigenvalue weighted by molar-refractivity contribution is 9.10. The molecule has 1 aliphatic carbocycles. The van der Waals surface area contributed by atoms with Gasteiger partial charge in [-0.3, -0.25) is 0 Å². The van der Waals surface area contributed by atoms with Crippen LogP contribution in [0.25, 0.3) is 0 Å². The van der Waals surface area contributed by atoms with Crippen LogP contribution in [0.1, 0.15) is 12.8 Å². The van der Waals surface area contributed by atoms with Crippen LogP contribution in [0, 0.1) is 0 Å². The van der Waals surface area contributed by atoms with E-state index in [4.69, 9.17) is 4.74 Å². The van der Waals surface area contributed by atoms with Gasteiger partial charge in [-0.05, 0) is 38.1 Å². The van der Waals surface area contributed by atoms with Gasteiger partial charge in [-0.2, -0.15) is 0 Å². The van der Waals surface area contributed by atoms with Crippen LogP contribution in [0.2, 0.25) is 0 Å². The molecule has 3 nitrogen and oxygen atoms in total. The van der Waals surface area contributed by atoms with E-state index in [0.29, 0.717) is 0 Å². The minimum atomic E-state index is 0.733. The van der Waals surface area contributed by atoms with Crippen LogP contribution in [-0.2, 0) is 0 Å². The average Bonchev–Trinajstić information content (AvgIpc) is 3.13. The van der Waals surface area contributed by atoms with E-state index in [9.17, 15) is 0 Å². The SMILES string of the molecule is CN(CCNC1CC1)CCOc1cccc(Br)c1. The van der Waals surface area contributed by atoms with Crippen molar-refractivity contribution in [3.63, 3.8) is 0 Å². The van der Waals surface area contributed by atoms with Crippen molar-refractivity contribution in [1.29, 1.82) is 0 Å². The zero-order chi connectivity index (χ0) is 12.8. The summed E-state index contributed by atoms with van der Waals surface area (Å²) in [5, 5.41) is 3.51. The lowest BCUT2D eigenvalue weighted by molar-refractivity contribution is 0.237. The summed E-state index contributed by atoms with van der Waals surface area (Å²) in [6.07, 6.45) is 2.71. The zero-order valence-corrected chi connectivity index (χ0v) is 12.4. The molecule has 0 aromatic heterocycles. The lowest BCUT2D eigenvalue weighted by Gasteiger charge is -2.17. The first-order valence-corrected chi connectivity index (χ1v) is 7.33. The molecule has 1 aromatic rings. The third kappa shape index (κ3) is 5.38. The number of ether oxygens (including phenoxy) is 1. The number of nitrogens with zero attached hydrogens (tertiary/aromatic N) is 1. The van der Waals surface area contributed by atoms with Gasteiger partial charge in [0.15, 0.2) is 0 Å². The van der Waals surface area contributed by atoms with Crippen LogP contribution in [-0.4, -0.2) is 44.2 Å². The first-order chi connectivity index (χ1) is 8.74. The number of halogens is 1. The third-order valence-corrected chi connectivity index (χ3v) is 3.53. The maximum Gasteiger partial charge on any atom is 0.120 e. The molecule has 18 heavy (non-hydrogen) atoms. The van der Waals surface area contributed by atoms with Gasteiger partial charge in [-0.1, -0.05) is 22.0 Å². The summed E-state index contributed by atoms with van der Waals surface area (Å²) in [7, 11) is 2.14. The molecule has 0 aliphatic heterocycles. The highest BCUT2D eigenvalue weighted by Gasteiger charge is 2.19. The van der Waals surface area contributed by atoms with Crippen LogP contribution < -0.4 is 10.1 Å². The quantitative estimate of drug-likeness (QED) is 0.798. The largest absolute Gasteiger partial charge is 0.492 e. The Balaban J connectivity index is 1.56. The van der Waals surface area contributed by atoms with E-state index in [1.165, 1.54) is 12.8 Å². The van der Waals surface area contributed by atoms with E-state index < -0.39 is 0 Å². The summed E-state index contributed by atoms with van der Waals surface area (Å²) in [4.78, 5) is 2.30. The number of rotatable bonds is 8. The Morgan fingerprint density at radius 2 is 2.22 bits per heavy atom. The molecule has 1 aliphatic rings. The van der Waals surface area contributed by atoms with E-state index in [0.717, 1.165) is 42.5 Å². The van der Waals surface area contributed by atoms with Crippen molar-refractivity contribution < 1.29 is 4.74 Å². The molecule has 0 radical (unpaired) electrons. The molecular weight excluding hydrogens is 292 g/mol. The fraction of sp³-hybridized carbons (Fsp3) is 0.571. The summed E-state index contributed by atoms with van der Waals surface area (Å²) >= 11 is 3.44. The molecule has 0 heterocycles. The van der Waals surface area contributed by atoms with Crippen LogP contribution in [0.4, 0.5) is 0 Å². The Bertz CT molecular complexity index is 369. The third-order valence-electron chi connectivity index (χ3n) is 3.04. The minimum absolute atomic E-state index is 0.733. The molecule has 0 atom stereocenters. The molecule has 100 valence electrons. The number of hydrogen-bond donors (Lipinski definition) is 1. The molecule has 1 fully saturated rings. The number of benzene rings is 1. The molecule has 0 saturated heterocycles. The van der Waals surface area contributed by atoms with E-state index in [1.807, 2.05) is 24.3 Å². The topological polar surface area (TPSA) is 24.5 Å². The predicted molar refractivity (Wildman–Crippen MR) is 78.2 cm³/mol. The van der Waals surface area contributed by atoms with Gasteiger partial charge < -0.3 is 15.0 Å². The Hall–Kier alpha value is -0.580. The van der Waals surface area contributed by atoms with Gasteiger partial charge in [0.25, 0.3) is 0 Å². The summed E-state index contributed by atoms with van der Waals surface area (Å²) in [5.41, 5.74) is 0. The molecule has 4 heteroatoms. The molecule has 0 bridgehead atoms. The lowest BCUT2D eigenvalue weighted by Crippen LogP contribution is -2.32. The van der Waals surface area contributed by atoms with Crippen molar-refractivity contribution >= 4 is 15.9 Å². The van der Waals surface area contributed by atoms with Crippen molar-refractivity contribution in [3.8, 4) is 5.75 Å². The van der Waals surface area contributed by atoms with Crippen molar-refractivity contribution in [2.45, 2.75) is 18.9 Å². The van der Waals surface area contributed by atoms with Crippen LogP contribution in [0.3, 0.4) is 0 Å². The Kier molecular flexibility index (Phi) is 5.47. The molecule has 0 unspecified atom stereocenters. The van der Waals surface area contributed by atoms with E-state index in [1.54, 1.807) is 0 Å². The van der Waals surface area contributed by atoms with Crippen LogP contribution in [0.15, 0.2) is 28.7 Å². The van der Waals surface area contributed by atoms with Gasteiger partial charge >= 0.3 is 0 Å². The van der Waals surface area contributed by atoms with Gasteiger partial charge in [0.1, 0.15) is 12.4 Å². The maximum atomic E-state index is 5.71. The van der Waals surface area contributed by atoms with Gasteiger partial charge in [0.2, 0.25) is 0 Å². The Morgan fingerprint density at radius 1 is 1.39 bits per heavy atom. The van der Waals surface area contributed by atoms with E-state index in [2.05, 4.69) is 33.2 Å². The monoisotopic (exact) mass is 312 g/mol. The summed E-state index contributed by atoms with van der Waals surface area (Å²) in [6.45, 7) is 3.85. The summed E-state index contributed by atoms with van der Waals surface area (Å²) in [5.74, 6) is 0.925. The fourth-order valence-corrected chi connectivity index (χ4v) is 2.11. The van der Waals surface area contributed by atoms with Crippen molar-refractivity contribution in [3.05, 3.63) is 28.7 Å². The second-order valence-electron chi connectivity index (χ2n) is 4.84. The Labute approximate surface area is 118 Å². The van der Waals surface area contributed by atoms with Gasteiger partial charge in [-0.15, -0.1) is 0 Å². The molecule has 0 spiro atoms.